The first-order chi connectivity index (χ1) is 11.2. The highest BCUT2D eigenvalue weighted by Crippen LogP contribution is 2.20. The zero-order valence-corrected chi connectivity index (χ0v) is 14.9. The molecule has 0 radical (unpaired) electrons. The summed E-state index contributed by atoms with van der Waals surface area (Å²) in [7, 11) is 0. The SMILES string of the molecule is CCN(C(=O)c1cn(C2CCNCC2)nn1)c1ccc(C)cc1.Cl. The zero-order chi connectivity index (χ0) is 16.2. The summed E-state index contributed by atoms with van der Waals surface area (Å²) in [6.45, 7) is 6.57. The van der Waals surface area contributed by atoms with Crippen LogP contribution in [0.15, 0.2) is 30.5 Å². The minimum atomic E-state index is -0.100. The molecule has 24 heavy (non-hydrogen) atoms. The van der Waals surface area contributed by atoms with Gasteiger partial charge in [0, 0.05) is 12.2 Å². The number of carbonyl (C=O) groups is 1. The molecule has 1 fully saturated rings. The smallest absolute Gasteiger partial charge is 0.280 e. The predicted molar refractivity (Wildman–Crippen MR) is 96.9 cm³/mol. The average Bonchev–Trinajstić information content (AvgIpc) is 3.08. The average molecular weight is 350 g/mol. The van der Waals surface area contributed by atoms with Crippen LogP contribution < -0.4 is 10.2 Å². The minimum absolute atomic E-state index is 0. The highest BCUT2D eigenvalue weighted by Gasteiger charge is 2.22. The quantitative estimate of drug-likeness (QED) is 0.921. The third-order valence-electron chi connectivity index (χ3n) is 4.32. The number of aryl methyl sites for hydroxylation is 1. The lowest BCUT2D eigenvalue weighted by molar-refractivity contribution is 0.0983. The van der Waals surface area contributed by atoms with E-state index >= 15 is 0 Å². The number of anilines is 1. The van der Waals surface area contributed by atoms with E-state index < -0.39 is 0 Å². The van der Waals surface area contributed by atoms with Gasteiger partial charge in [-0.15, -0.1) is 17.5 Å². The molecule has 1 amide bonds. The van der Waals surface area contributed by atoms with Crippen molar-refractivity contribution in [3.63, 3.8) is 0 Å². The van der Waals surface area contributed by atoms with Gasteiger partial charge in [-0.2, -0.15) is 0 Å². The fourth-order valence-electron chi connectivity index (χ4n) is 2.93. The van der Waals surface area contributed by atoms with Crippen LogP contribution in [0.5, 0.6) is 0 Å². The summed E-state index contributed by atoms with van der Waals surface area (Å²) in [5.74, 6) is -0.100. The summed E-state index contributed by atoms with van der Waals surface area (Å²) in [5, 5.41) is 11.6. The highest BCUT2D eigenvalue weighted by atomic mass is 35.5. The van der Waals surface area contributed by atoms with Crippen molar-refractivity contribution in [1.82, 2.24) is 20.3 Å². The number of halogens is 1. The number of carbonyl (C=O) groups excluding carboxylic acids is 1. The standard InChI is InChI=1S/C17H23N5O.ClH/c1-3-21(14-6-4-13(2)5-7-14)17(23)16-12-22(20-19-16)15-8-10-18-11-9-15;/h4-7,12,15,18H,3,8-11H2,1-2H3;1H. The van der Waals surface area contributed by atoms with Crippen molar-refractivity contribution in [2.45, 2.75) is 32.7 Å². The molecule has 2 aromatic rings. The monoisotopic (exact) mass is 349 g/mol. The van der Waals surface area contributed by atoms with Gasteiger partial charge < -0.3 is 10.2 Å². The zero-order valence-electron chi connectivity index (χ0n) is 14.1. The van der Waals surface area contributed by atoms with E-state index in [2.05, 4.69) is 15.6 Å². The second-order valence-electron chi connectivity index (χ2n) is 5.95. The largest absolute Gasteiger partial charge is 0.317 e. The predicted octanol–water partition coefficient (Wildman–Crippen LogP) is 2.60. The molecule has 6 nitrogen and oxygen atoms in total. The number of nitrogens with zero attached hydrogens (tertiary/aromatic N) is 4. The molecule has 3 rings (SSSR count). The Morgan fingerprint density at radius 2 is 1.96 bits per heavy atom. The summed E-state index contributed by atoms with van der Waals surface area (Å²) in [5.41, 5.74) is 2.47. The van der Waals surface area contributed by atoms with Crippen molar-refractivity contribution in [2.75, 3.05) is 24.5 Å². The third-order valence-corrected chi connectivity index (χ3v) is 4.32. The van der Waals surface area contributed by atoms with Gasteiger partial charge in [-0.3, -0.25) is 4.79 Å². The maximum atomic E-state index is 12.8. The molecule has 0 atom stereocenters. The van der Waals surface area contributed by atoms with Gasteiger partial charge in [0.25, 0.3) is 5.91 Å². The first-order valence-electron chi connectivity index (χ1n) is 8.20. The molecular weight excluding hydrogens is 326 g/mol. The Labute approximate surface area is 148 Å². The van der Waals surface area contributed by atoms with Crippen LogP contribution in [0.25, 0.3) is 0 Å². The molecule has 1 aromatic heterocycles. The Bertz CT molecular complexity index is 664. The van der Waals surface area contributed by atoms with Gasteiger partial charge >= 0.3 is 0 Å². The van der Waals surface area contributed by atoms with Crippen LogP contribution in [-0.4, -0.2) is 40.5 Å². The lowest BCUT2D eigenvalue weighted by Gasteiger charge is -2.22. The van der Waals surface area contributed by atoms with Crippen LogP contribution in [0.3, 0.4) is 0 Å². The van der Waals surface area contributed by atoms with Gasteiger partial charge in [0.15, 0.2) is 5.69 Å². The summed E-state index contributed by atoms with van der Waals surface area (Å²) in [4.78, 5) is 14.5. The summed E-state index contributed by atoms with van der Waals surface area (Å²) in [6.07, 6.45) is 3.83. The molecule has 1 saturated heterocycles. The molecule has 0 bridgehead atoms. The molecule has 7 heteroatoms. The summed E-state index contributed by atoms with van der Waals surface area (Å²) in [6, 6.07) is 8.29. The first kappa shape index (κ1) is 18.4. The van der Waals surface area contributed by atoms with E-state index in [1.807, 2.05) is 42.8 Å². The van der Waals surface area contributed by atoms with E-state index in [1.165, 1.54) is 5.56 Å². The van der Waals surface area contributed by atoms with Crippen molar-refractivity contribution >= 4 is 24.0 Å². The van der Waals surface area contributed by atoms with Crippen molar-refractivity contribution < 1.29 is 4.79 Å². The lowest BCUT2D eigenvalue weighted by atomic mass is 10.1. The molecule has 2 heterocycles. The minimum Gasteiger partial charge on any atom is -0.317 e. The Hall–Kier alpha value is -1.92. The van der Waals surface area contributed by atoms with E-state index in [0.717, 1.165) is 31.6 Å². The van der Waals surface area contributed by atoms with Crippen LogP contribution in [-0.2, 0) is 0 Å². The van der Waals surface area contributed by atoms with Crippen molar-refractivity contribution in [2.24, 2.45) is 0 Å². The second-order valence-corrected chi connectivity index (χ2v) is 5.95. The number of nitrogens with one attached hydrogen (secondary N) is 1. The van der Waals surface area contributed by atoms with Gasteiger partial charge in [-0.25, -0.2) is 4.68 Å². The molecule has 1 aromatic carbocycles. The molecule has 130 valence electrons. The Balaban J connectivity index is 0.00000208. The van der Waals surface area contributed by atoms with E-state index in [1.54, 1.807) is 11.1 Å². The molecule has 1 aliphatic rings. The topological polar surface area (TPSA) is 63.1 Å². The maximum absolute atomic E-state index is 12.8. The van der Waals surface area contributed by atoms with E-state index in [-0.39, 0.29) is 18.3 Å². The molecular formula is C17H24ClN5O. The van der Waals surface area contributed by atoms with Crippen molar-refractivity contribution in [1.29, 1.82) is 0 Å². The first-order valence-corrected chi connectivity index (χ1v) is 8.20. The molecule has 0 unspecified atom stereocenters. The molecule has 0 saturated carbocycles. The molecule has 1 N–H and O–H groups in total. The van der Waals surface area contributed by atoms with Gasteiger partial charge in [-0.05, 0) is 51.9 Å². The van der Waals surface area contributed by atoms with Crippen LogP contribution in [0.1, 0.15) is 41.9 Å². The van der Waals surface area contributed by atoms with E-state index in [4.69, 9.17) is 0 Å². The van der Waals surface area contributed by atoms with Gasteiger partial charge in [-0.1, -0.05) is 22.9 Å². The molecule has 1 aliphatic heterocycles. The van der Waals surface area contributed by atoms with Crippen LogP contribution in [0.2, 0.25) is 0 Å². The van der Waals surface area contributed by atoms with E-state index in [9.17, 15) is 4.79 Å². The van der Waals surface area contributed by atoms with Crippen LogP contribution in [0, 0.1) is 6.92 Å². The number of aromatic nitrogens is 3. The van der Waals surface area contributed by atoms with Crippen molar-refractivity contribution in [3.05, 3.63) is 41.7 Å². The maximum Gasteiger partial charge on any atom is 0.280 e. The third kappa shape index (κ3) is 3.94. The van der Waals surface area contributed by atoms with Crippen molar-refractivity contribution in [3.8, 4) is 0 Å². The van der Waals surface area contributed by atoms with E-state index in [0.29, 0.717) is 18.3 Å². The Kier molecular flexibility index (Phi) is 6.34. The van der Waals surface area contributed by atoms with Crippen LogP contribution >= 0.6 is 12.4 Å². The summed E-state index contributed by atoms with van der Waals surface area (Å²) >= 11 is 0. The second kappa shape index (κ2) is 8.26. The number of hydrogen-bond donors (Lipinski definition) is 1. The molecule has 0 spiro atoms. The summed E-state index contributed by atoms with van der Waals surface area (Å²) < 4.78 is 1.84. The Morgan fingerprint density at radius 3 is 2.58 bits per heavy atom. The number of hydrogen-bond acceptors (Lipinski definition) is 4. The normalized spacial score (nSPS) is 14.9. The van der Waals surface area contributed by atoms with Gasteiger partial charge in [0.2, 0.25) is 0 Å². The number of amides is 1. The Morgan fingerprint density at radius 1 is 1.29 bits per heavy atom. The van der Waals surface area contributed by atoms with Gasteiger partial charge in [0.1, 0.15) is 0 Å². The molecule has 0 aliphatic carbocycles. The number of benzene rings is 1. The number of rotatable bonds is 4. The lowest BCUT2D eigenvalue weighted by Crippen LogP contribution is -2.31. The highest BCUT2D eigenvalue weighted by molar-refractivity contribution is 6.04. The van der Waals surface area contributed by atoms with Gasteiger partial charge in [0.05, 0.1) is 12.2 Å². The fraction of sp³-hybridized carbons (Fsp3) is 0.471. The van der Waals surface area contributed by atoms with Crippen LogP contribution in [0.4, 0.5) is 5.69 Å². The fourth-order valence-corrected chi connectivity index (χ4v) is 2.93. The number of piperidine rings is 1.